The smallest absolute Gasteiger partial charge is 0.341 e. The molecule has 2 amide bonds. The van der Waals surface area contributed by atoms with Crippen molar-refractivity contribution in [2.45, 2.75) is 33.1 Å². The van der Waals surface area contributed by atoms with Crippen molar-refractivity contribution in [3.05, 3.63) is 51.7 Å². The largest absolute Gasteiger partial charge is 0.462 e. The number of fused-ring (bicyclic) bond motifs is 1. The predicted molar refractivity (Wildman–Crippen MR) is 112 cm³/mol. The van der Waals surface area contributed by atoms with Crippen LogP contribution in [0.4, 0.5) is 9.39 Å². The van der Waals surface area contributed by atoms with Crippen molar-refractivity contribution in [1.82, 2.24) is 5.43 Å². The highest BCUT2D eigenvalue weighted by atomic mass is 32.1. The molecular formula is C21H22FN3O4S. The predicted octanol–water partition coefficient (Wildman–Crippen LogP) is 3.28. The highest BCUT2D eigenvalue weighted by molar-refractivity contribution is 7.17. The summed E-state index contributed by atoms with van der Waals surface area (Å²) in [7, 11) is 0. The van der Waals surface area contributed by atoms with Gasteiger partial charge in [-0.1, -0.05) is 19.1 Å². The van der Waals surface area contributed by atoms with Crippen LogP contribution in [0, 0.1) is 11.7 Å². The van der Waals surface area contributed by atoms with Crippen LogP contribution < -0.4 is 10.7 Å². The molecule has 0 saturated carbocycles. The topological polar surface area (TPSA) is 96.9 Å². The van der Waals surface area contributed by atoms with Crippen LogP contribution in [0.15, 0.2) is 29.4 Å². The third kappa shape index (κ3) is 5.10. The molecule has 0 saturated heterocycles. The van der Waals surface area contributed by atoms with Crippen molar-refractivity contribution < 1.29 is 23.5 Å². The van der Waals surface area contributed by atoms with E-state index >= 15 is 0 Å². The average molecular weight is 431 g/mol. The lowest BCUT2D eigenvalue weighted by Gasteiger charge is -2.18. The Morgan fingerprint density at radius 2 is 2.00 bits per heavy atom. The Bertz CT molecular complexity index is 985. The highest BCUT2D eigenvalue weighted by Gasteiger charge is 2.30. The summed E-state index contributed by atoms with van der Waals surface area (Å²) in [6.07, 6.45) is 3.78. The molecule has 7 nitrogen and oxygen atoms in total. The number of ether oxygens (including phenoxy) is 1. The lowest BCUT2D eigenvalue weighted by atomic mass is 9.88. The van der Waals surface area contributed by atoms with Crippen LogP contribution in [0.1, 0.15) is 46.6 Å². The van der Waals surface area contributed by atoms with Crippen molar-refractivity contribution in [3.63, 3.8) is 0 Å². The number of nitrogens with zero attached hydrogens (tertiary/aromatic N) is 1. The van der Waals surface area contributed by atoms with E-state index < -0.39 is 17.8 Å². The standard InChI is InChI=1S/C21H22FN3O4S/c1-3-29-21(28)17-15-9-4-12(2)10-16(15)30-20(17)24-18(26)19(27)25-23-11-13-5-7-14(22)8-6-13/h5-8,11-12H,3-4,9-10H2,1-2H3,(H,24,26)(H,25,27)/b23-11+. The number of halogens is 1. The van der Waals surface area contributed by atoms with Gasteiger partial charge in [0.25, 0.3) is 0 Å². The summed E-state index contributed by atoms with van der Waals surface area (Å²) in [5, 5.41) is 6.54. The zero-order valence-corrected chi connectivity index (χ0v) is 17.5. The van der Waals surface area contributed by atoms with Crippen LogP contribution in [-0.2, 0) is 27.2 Å². The van der Waals surface area contributed by atoms with Gasteiger partial charge >= 0.3 is 17.8 Å². The van der Waals surface area contributed by atoms with Crippen molar-refractivity contribution >= 4 is 40.3 Å². The maximum absolute atomic E-state index is 12.9. The number of benzene rings is 1. The van der Waals surface area contributed by atoms with E-state index in [4.69, 9.17) is 4.74 Å². The second-order valence-corrected chi connectivity index (χ2v) is 8.09. The number of thiophene rings is 1. The molecule has 2 N–H and O–H groups in total. The second-order valence-electron chi connectivity index (χ2n) is 6.98. The molecule has 1 aliphatic carbocycles. The van der Waals surface area contributed by atoms with Crippen LogP contribution in [0.25, 0.3) is 0 Å². The lowest BCUT2D eigenvalue weighted by molar-refractivity contribution is -0.136. The van der Waals surface area contributed by atoms with Crippen LogP contribution in [0.5, 0.6) is 0 Å². The normalized spacial score (nSPS) is 15.5. The number of esters is 1. The number of carbonyl (C=O) groups excluding carboxylic acids is 3. The van der Waals surface area contributed by atoms with Crippen molar-refractivity contribution in [2.24, 2.45) is 11.0 Å². The second kappa shape index (κ2) is 9.62. The Hall–Kier alpha value is -3.07. The molecule has 0 bridgehead atoms. The summed E-state index contributed by atoms with van der Waals surface area (Å²) in [5.41, 5.74) is 3.90. The minimum absolute atomic E-state index is 0.214. The fourth-order valence-corrected chi connectivity index (χ4v) is 4.58. The third-order valence-electron chi connectivity index (χ3n) is 4.67. The summed E-state index contributed by atoms with van der Waals surface area (Å²) in [6.45, 7) is 4.06. The van der Waals surface area contributed by atoms with E-state index in [-0.39, 0.29) is 12.4 Å². The van der Waals surface area contributed by atoms with Gasteiger partial charge in [-0.3, -0.25) is 9.59 Å². The number of hydrogen-bond acceptors (Lipinski definition) is 6. The molecule has 1 atom stereocenters. The molecule has 0 aliphatic heterocycles. The molecule has 9 heteroatoms. The Morgan fingerprint density at radius 3 is 2.70 bits per heavy atom. The van der Waals surface area contributed by atoms with Gasteiger partial charge in [0, 0.05) is 4.88 Å². The van der Waals surface area contributed by atoms with Crippen LogP contribution in [0.2, 0.25) is 0 Å². The van der Waals surface area contributed by atoms with Gasteiger partial charge in [-0.05, 0) is 55.4 Å². The van der Waals surface area contributed by atoms with Gasteiger partial charge in [0.15, 0.2) is 0 Å². The Morgan fingerprint density at radius 1 is 1.27 bits per heavy atom. The third-order valence-corrected chi connectivity index (χ3v) is 5.84. The van der Waals surface area contributed by atoms with E-state index in [1.807, 2.05) is 0 Å². The average Bonchev–Trinajstić information content (AvgIpc) is 3.06. The van der Waals surface area contributed by atoms with E-state index in [1.165, 1.54) is 41.8 Å². The summed E-state index contributed by atoms with van der Waals surface area (Å²) in [6, 6.07) is 5.47. The van der Waals surface area contributed by atoms with E-state index in [0.29, 0.717) is 22.0 Å². The van der Waals surface area contributed by atoms with Gasteiger partial charge in [0.05, 0.1) is 18.4 Å². The van der Waals surface area contributed by atoms with Gasteiger partial charge < -0.3 is 10.1 Å². The van der Waals surface area contributed by atoms with Crippen LogP contribution in [-0.4, -0.2) is 30.6 Å². The molecule has 0 fully saturated rings. The van der Waals surface area contributed by atoms with E-state index in [1.54, 1.807) is 6.92 Å². The molecule has 1 aromatic heterocycles. The van der Waals surface area contributed by atoms with Crippen LogP contribution in [0.3, 0.4) is 0 Å². The Balaban J connectivity index is 1.71. The first-order valence-electron chi connectivity index (χ1n) is 9.60. The number of amides is 2. The fraction of sp³-hybridized carbons (Fsp3) is 0.333. The summed E-state index contributed by atoms with van der Waals surface area (Å²) in [5.74, 6) is -2.33. The quantitative estimate of drug-likeness (QED) is 0.329. The fourth-order valence-electron chi connectivity index (χ4n) is 3.18. The SMILES string of the molecule is CCOC(=O)c1c(NC(=O)C(=O)N/N=C/c2ccc(F)cc2)sc2c1CCC(C)C2. The highest BCUT2D eigenvalue weighted by Crippen LogP contribution is 2.40. The minimum atomic E-state index is -0.983. The summed E-state index contributed by atoms with van der Waals surface area (Å²) in [4.78, 5) is 37.9. The number of carbonyl (C=O) groups is 3. The zero-order chi connectivity index (χ0) is 21.7. The van der Waals surface area contributed by atoms with Gasteiger partial charge in [0.2, 0.25) is 0 Å². The number of hydrogen-bond donors (Lipinski definition) is 2. The van der Waals surface area contributed by atoms with Gasteiger partial charge in [-0.25, -0.2) is 14.6 Å². The van der Waals surface area contributed by atoms with Gasteiger partial charge in [-0.2, -0.15) is 5.10 Å². The molecule has 30 heavy (non-hydrogen) atoms. The number of hydrazone groups is 1. The maximum atomic E-state index is 12.9. The Kier molecular flexibility index (Phi) is 6.94. The molecule has 3 rings (SSSR count). The maximum Gasteiger partial charge on any atom is 0.341 e. The molecule has 1 heterocycles. The van der Waals surface area contributed by atoms with Gasteiger partial charge in [0.1, 0.15) is 10.8 Å². The molecule has 158 valence electrons. The first-order chi connectivity index (χ1) is 14.4. The van der Waals surface area contributed by atoms with E-state index in [2.05, 4.69) is 22.8 Å². The van der Waals surface area contributed by atoms with Crippen molar-refractivity contribution in [3.8, 4) is 0 Å². The summed E-state index contributed by atoms with van der Waals surface area (Å²) < 4.78 is 18.0. The zero-order valence-electron chi connectivity index (χ0n) is 16.7. The molecule has 0 radical (unpaired) electrons. The van der Waals surface area contributed by atoms with E-state index in [9.17, 15) is 18.8 Å². The number of anilines is 1. The van der Waals surface area contributed by atoms with E-state index in [0.717, 1.165) is 29.7 Å². The van der Waals surface area contributed by atoms with Crippen LogP contribution >= 0.6 is 11.3 Å². The van der Waals surface area contributed by atoms with Crippen molar-refractivity contribution in [1.29, 1.82) is 0 Å². The number of nitrogens with one attached hydrogen (secondary N) is 2. The van der Waals surface area contributed by atoms with Crippen molar-refractivity contribution in [2.75, 3.05) is 11.9 Å². The minimum Gasteiger partial charge on any atom is -0.462 e. The summed E-state index contributed by atoms with van der Waals surface area (Å²) >= 11 is 1.30. The first kappa shape index (κ1) is 21.6. The molecule has 2 aromatic rings. The monoisotopic (exact) mass is 431 g/mol. The lowest BCUT2D eigenvalue weighted by Crippen LogP contribution is -2.32. The molecular weight excluding hydrogens is 409 g/mol. The molecule has 1 aromatic carbocycles. The molecule has 1 unspecified atom stereocenters. The number of rotatable bonds is 5. The first-order valence-corrected chi connectivity index (χ1v) is 10.4. The van der Waals surface area contributed by atoms with Gasteiger partial charge in [-0.15, -0.1) is 11.3 Å². The molecule has 1 aliphatic rings. The Labute approximate surface area is 177 Å². The molecule has 0 spiro atoms.